The lowest BCUT2D eigenvalue weighted by molar-refractivity contribution is -0.450. The van der Waals surface area contributed by atoms with E-state index >= 15 is 0 Å². The molecule has 2 atom stereocenters. The Labute approximate surface area is 166 Å². The van der Waals surface area contributed by atoms with Crippen molar-refractivity contribution in [1.82, 2.24) is 9.13 Å². The van der Waals surface area contributed by atoms with Gasteiger partial charge in [0.15, 0.2) is 5.72 Å². The van der Waals surface area contributed by atoms with Gasteiger partial charge in [-0.25, -0.2) is 0 Å². The molecule has 1 rings (SSSR count). The summed E-state index contributed by atoms with van der Waals surface area (Å²) in [7, 11) is 1.56. The first-order valence-electron chi connectivity index (χ1n) is 10.1. The lowest BCUT2D eigenvalue weighted by Gasteiger charge is -2.65. The Morgan fingerprint density at radius 3 is 1.81 bits per heavy atom. The molecule has 0 aromatic rings. The van der Waals surface area contributed by atoms with Gasteiger partial charge in [-0.3, -0.25) is 9.13 Å². The molecule has 0 bridgehead atoms. The highest BCUT2D eigenvalue weighted by atomic mass is 28.2. The van der Waals surface area contributed by atoms with E-state index in [1.54, 1.807) is 0 Å². The Bertz CT molecular complexity index is 443. The predicted octanol–water partition coefficient (Wildman–Crippen LogP) is 0.956. The molecular weight excluding hydrogens is 364 g/mol. The van der Waals surface area contributed by atoms with E-state index in [-0.39, 0.29) is 5.60 Å². The van der Waals surface area contributed by atoms with Gasteiger partial charge in [0.1, 0.15) is 5.72 Å². The van der Waals surface area contributed by atoms with Crippen molar-refractivity contribution in [2.75, 3.05) is 26.4 Å². The lowest BCUT2D eigenvalue weighted by Crippen LogP contribution is -2.83. The number of hydrogen-bond acceptors (Lipinski definition) is 6. The lowest BCUT2D eigenvalue weighted by atomic mass is 9.96. The third-order valence-corrected chi connectivity index (χ3v) is 7.67. The first-order valence-corrected chi connectivity index (χ1v) is 11.8. The van der Waals surface area contributed by atoms with Gasteiger partial charge in [0.2, 0.25) is 0 Å². The highest BCUT2D eigenvalue weighted by Gasteiger charge is 2.66. The third kappa shape index (κ3) is 4.43. The SMILES string of the molecule is CCCC1(OC(C)(C)C)CN([SiH3])C(C)(OCC)C(OCC)(OCC)N1[SiH3]. The van der Waals surface area contributed by atoms with Gasteiger partial charge in [0, 0.05) is 26.4 Å². The molecular formula is C18H42N2O4Si2. The van der Waals surface area contributed by atoms with Crippen molar-refractivity contribution in [3.05, 3.63) is 0 Å². The fraction of sp³-hybridized carbons (Fsp3) is 1.00. The summed E-state index contributed by atoms with van der Waals surface area (Å²) in [5.74, 6) is -0.973. The zero-order valence-electron chi connectivity index (χ0n) is 18.8. The van der Waals surface area contributed by atoms with Gasteiger partial charge in [0.05, 0.1) is 26.4 Å². The molecule has 0 radical (unpaired) electrons. The van der Waals surface area contributed by atoms with E-state index in [0.717, 1.165) is 40.2 Å². The molecule has 1 fully saturated rings. The van der Waals surface area contributed by atoms with Gasteiger partial charge in [0.25, 0.3) is 5.91 Å². The molecule has 0 spiro atoms. The highest BCUT2D eigenvalue weighted by molar-refractivity contribution is 6.07. The Kier molecular flexibility index (Phi) is 8.51. The van der Waals surface area contributed by atoms with E-state index < -0.39 is 17.4 Å². The first-order chi connectivity index (χ1) is 12.0. The van der Waals surface area contributed by atoms with Crippen molar-refractivity contribution in [2.24, 2.45) is 0 Å². The Hall–Kier alpha value is 0.194. The van der Waals surface area contributed by atoms with Crippen LogP contribution < -0.4 is 0 Å². The smallest absolute Gasteiger partial charge is 0.269 e. The van der Waals surface area contributed by atoms with E-state index in [9.17, 15) is 0 Å². The van der Waals surface area contributed by atoms with Gasteiger partial charge in [-0.15, -0.1) is 0 Å². The van der Waals surface area contributed by atoms with Crippen LogP contribution in [0.3, 0.4) is 0 Å². The molecule has 26 heavy (non-hydrogen) atoms. The summed E-state index contributed by atoms with van der Waals surface area (Å²) in [6.45, 7) is 19.2. The van der Waals surface area contributed by atoms with Gasteiger partial charge in [-0.2, -0.15) is 0 Å². The summed E-state index contributed by atoms with van der Waals surface area (Å²) in [6.07, 6.45) is 1.96. The number of nitrogens with zero attached hydrogens (tertiary/aromatic N) is 2. The number of rotatable bonds is 9. The summed E-state index contributed by atoms with van der Waals surface area (Å²) >= 11 is 0. The van der Waals surface area contributed by atoms with Crippen LogP contribution in [0.1, 0.15) is 68.2 Å². The van der Waals surface area contributed by atoms with Crippen molar-refractivity contribution in [1.29, 1.82) is 0 Å². The van der Waals surface area contributed by atoms with Gasteiger partial charge >= 0.3 is 0 Å². The standard InChI is InChI=1S/C18H42N2O4Si2/c1-9-13-17(24-15(5,6)7)14-19(25)16(8,21-10-2)18(20(17)26,22-11-3)23-12-4/h9-14H2,1-8,25-26H3. The Balaban J connectivity index is 3.57. The van der Waals surface area contributed by atoms with Crippen molar-refractivity contribution < 1.29 is 18.9 Å². The van der Waals surface area contributed by atoms with Crippen molar-refractivity contribution in [2.45, 2.75) is 91.2 Å². The monoisotopic (exact) mass is 406 g/mol. The van der Waals surface area contributed by atoms with Crippen LogP contribution in [0, 0.1) is 0 Å². The molecule has 0 aliphatic carbocycles. The predicted molar refractivity (Wildman–Crippen MR) is 113 cm³/mol. The largest absolute Gasteiger partial charge is 0.354 e. The van der Waals surface area contributed by atoms with E-state index in [2.05, 4.69) is 43.7 Å². The summed E-state index contributed by atoms with van der Waals surface area (Å²) in [4.78, 5) is 0. The average Bonchev–Trinajstić information content (AvgIpc) is 2.51. The number of hydrogen-bond donors (Lipinski definition) is 0. The van der Waals surface area contributed by atoms with Crippen LogP contribution in [0.2, 0.25) is 0 Å². The van der Waals surface area contributed by atoms with Gasteiger partial charge in [-0.05, 0) is 54.9 Å². The van der Waals surface area contributed by atoms with Crippen LogP contribution in [0.5, 0.6) is 0 Å². The average molecular weight is 407 g/mol. The first kappa shape index (κ1) is 24.2. The molecule has 8 heteroatoms. The molecule has 1 aliphatic rings. The Morgan fingerprint density at radius 2 is 1.42 bits per heavy atom. The van der Waals surface area contributed by atoms with Crippen molar-refractivity contribution in [3.63, 3.8) is 0 Å². The van der Waals surface area contributed by atoms with Gasteiger partial charge < -0.3 is 18.9 Å². The van der Waals surface area contributed by atoms with Crippen LogP contribution in [0.4, 0.5) is 0 Å². The summed E-state index contributed by atoms with van der Waals surface area (Å²) in [5.41, 5.74) is -1.37. The molecule has 1 saturated heterocycles. The second kappa shape index (κ2) is 9.13. The summed E-state index contributed by atoms with van der Waals surface area (Å²) in [5, 5.41) is 0. The third-order valence-electron chi connectivity index (χ3n) is 5.09. The quantitative estimate of drug-likeness (QED) is 0.420. The topological polar surface area (TPSA) is 43.4 Å². The minimum atomic E-state index is -0.973. The molecule has 0 amide bonds. The van der Waals surface area contributed by atoms with E-state index in [0.29, 0.717) is 19.8 Å². The molecule has 2 unspecified atom stereocenters. The normalized spacial score (nSPS) is 30.9. The Morgan fingerprint density at radius 1 is 0.923 bits per heavy atom. The molecule has 1 aliphatic heterocycles. The van der Waals surface area contributed by atoms with Crippen molar-refractivity contribution in [3.8, 4) is 0 Å². The summed E-state index contributed by atoms with van der Waals surface area (Å²) in [6, 6.07) is 0. The molecule has 1 heterocycles. The fourth-order valence-electron chi connectivity index (χ4n) is 4.18. The maximum absolute atomic E-state index is 6.73. The maximum Gasteiger partial charge on any atom is 0.269 e. The minimum absolute atomic E-state index is 0.260. The fourth-order valence-corrected chi connectivity index (χ4v) is 6.22. The van der Waals surface area contributed by atoms with Crippen LogP contribution >= 0.6 is 0 Å². The summed E-state index contributed by atoms with van der Waals surface area (Å²) < 4.78 is 30.5. The van der Waals surface area contributed by atoms with Crippen LogP contribution in [-0.2, 0) is 18.9 Å². The van der Waals surface area contributed by atoms with Crippen LogP contribution in [0.15, 0.2) is 0 Å². The maximum atomic E-state index is 6.73. The van der Waals surface area contributed by atoms with Crippen LogP contribution in [0.25, 0.3) is 0 Å². The second-order valence-corrected chi connectivity index (χ2v) is 10.2. The van der Waals surface area contributed by atoms with E-state index in [1.165, 1.54) is 0 Å². The van der Waals surface area contributed by atoms with Crippen LogP contribution in [-0.4, -0.2) is 79.3 Å². The zero-order valence-corrected chi connectivity index (χ0v) is 22.8. The minimum Gasteiger partial charge on any atom is -0.354 e. The second-order valence-electron chi connectivity index (χ2n) is 8.19. The highest BCUT2D eigenvalue weighted by Crippen LogP contribution is 2.47. The van der Waals surface area contributed by atoms with E-state index in [4.69, 9.17) is 18.9 Å². The van der Waals surface area contributed by atoms with Crippen molar-refractivity contribution >= 4 is 20.8 Å². The van der Waals surface area contributed by atoms with E-state index in [1.807, 2.05) is 20.8 Å². The zero-order chi connectivity index (χ0) is 20.2. The number of ether oxygens (including phenoxy) is 4. The van der Waals surface area contributed by atoms with Gasteiger partial charge in [-0.1, -0.05) is 13.3 Å². The molecule has 0 aromatic heterocycles. The molecule has 6 nitrogen and oxygen atoms in total. The molecule has 0 N–H and O–H groups in total. The molecule has 156 valence electrons. The molecule has 0 saturated carbocycles. The molecule has 0 aromatic carbocycles. The number of piperazine rings is 1.